The number of hydrogen-bond donors (Lipinski definition) is 1. The minimum atomic E-state index is 0.295. The molecule has 0 aromatic heterocycles. The molecule has 0 amide bonds. The first-order chi connectivity index (χ1) is 3.72. The first kappa shape index (κ1) is 8.44. The molecule has 8 heavy (non-hydrogen) atoms. The van der Waals surface area contributed by atoms with Crippen LogP contribution in [0.4, 0.5) is 0 Å². The van der Waals surface area contributed by atoms with Crippen molar-refractivity contribution in [1.29, 1.82) is 0 Å². The molecule has 1 atom stereocenters. The SMILES string of the molecule is CC(C)C(CO)CBr. The number of hydrogen-bond acceptors (Lipinski definition) is 1. The Hall–Kier alpha value is 0.440. The third kappa shape index (κ3) is 2.68. The van der Waals surface area contributed by atoms with Gasteiger partial charge < -0.3 is 5.11 Å². The number of aliphatic hydroxyl groups excluding tert-OH is 1. The highest BCUT2D eigenvalue weighted by Crippen LogP contribution is 2.11. The van der Waals surface area contributed by atoms with Crippen LogP contribution in [0.25, 0.3) is 0 Å². The zero-order valence-corrected chi connectivity index (χ0v) is 6.98. The molecule has 0 saturated heterocycles. The molecule has 50 valence electrons. The van der Waals surface area contributed by atoms with E-state index in [0.717, 1.165) is 5.33 Å². The lowest BCUT2D eigenvalue weighted by molar-refractivity contribution is 0.207. The van der Waals surface area contributed by atoms with Crippen molar-refractivity contribution in [3.8, 4) is 0 Å². The molecule has 0 radical (unpaired) electrons. The minimum Gasteiger partial charge on any atom is -0.396 e. The molecule has 0 heterocycles. The Kier molecular flexibility index (Phi) is 4.57. The highest BCUT2D eigenvalue weighted by atomic mass is 79.9. The van der Waals surface area contributed by atoms with Gasteiger partial charge in [0.1, 0.15) is 0 Å². The largest absolute Gasteiger partial charge is 0.396 e. The van der Waals surface area contributed by atoms with E-state index in [0.29, 0.717) is 18.4 Å². The summed E-state index contributed by atoms with van der Waals surface area (Å²) in [6, 6.07) is 0. The molecule has 1 nitrogen and oxygen atoms in total. The topological polar surface area (TPSA) is 20.2 Å². The Morgan fingerprint density at radius 3 is 2.00 bits per heavy atom. The second kappa shape index (κ2) is 4.33. The predicted octanol–water partition coefficient (Wildman–Crippen LogP) is 1.65. The average Bonchev–Trinajstić information content (AvgIpc) is 1.69. The smallest absolute Gasteiger partial charge is 0.0469 e. The van der Waals surface area contributed by atoms with Crippen LogP contribution in [-0.4, -0.2) is 17.0 Å². The van der Waals surface area contributed by atoms with E-state index < -0.39 is 0 Å². The van der Waals surface area contributed by atoms with Gasteiger partial charge in [0.15, 0.2) is 0 Å². The molecule has 1 N–H and O–H groups in total. The maximum atomic E-state index is 8.67. The van der Waals surface area contributed by atoms with E-state index in [1.165, 1.54) is 0 Å². The summed E-state index contributed by atoms with van der Waals surface area (Å²) < 4.78 is 0. The minimum absolute atomic E-state index is 0.295. The van der Waals surface area contributed by atoms with Crippen LogP contribution in [0.3, 0.4) is 0 Å². The van der Waals surface area contributed by atoms with E-state index in [9.17, 15) is 0 Å². The van der Waals surface area contributed by atoms with E-state index in [1.807, 2.05) is 0 Å². The second-order valence-electron chi connectivity index (χ2n) is 2.34. The Bertz CT molecular complexity index is 50.5. The molecule has 0 bridgehead atoms. The van der Waals surface area contributed by atoms with E-state index in [4.69, 9.17) is 5.11 Å². The molecular formula is C6H13BrO. The number of rotatable bonds is 3. The maximum absolute atomic E-state index is 8.67. The van der Waals surface area contributed by atoms with Crippen molar-refractivity contribution < 1.29 is 5.11 Å². The van der Waals surface area contributed by atoms with Crippen LogP contribution in [0.1, 0.15) is 13.8 Å². The molecular weight excluding hydrogens is 168 g/mol. The maximum Gasteiger partial charge on any atom is 0.0469 e. The molecule has 0 fully saturated rings. The molecule has 1 unspecified atom stereocenters. The fourth-order valence-corrected chi connectivity index (χ4v) is 1.39. The number of alkyl halides is 1. The van der Waals surface area contributed by atoms with Gasteiger partial charge in [0.05, 0.1) is 0 Å². The molecule has 0 aromatic carbocycles. The summed E-state index contributed by atoms with van der Waals surface area (Å²) >= 11 is 3.32. The monoisotopic (exact) mass is 180 g/mol. The van der Waals surface area contributed by atoms with Crippen molar-refractivity contribution in [2.45, 2.75) is 13.8 Å². The van der Waals surface area contributed by atoms with Crippen molar-refractivity contribution in [2.24, 2.45) is 11.8 Å². The third-order valence-corrected chi connectivity index (χ3v) is 2.21. The summed E-state index contributed by atoms with van der Waals surface area (Å²) in [4.78, 5) is 0. The van der Waals surface area contributed by atoms with Crippen LogP contribution in [0.15, 0.2) is 0 Å². The zero-order chi connectivity index (χ0) is 6.57. The van der Waals surface area contributed by atoms with Gasteiger partial charge in [-0.2, -0.15) is 0 Å². The van der Waals surface area contributed by atoms with Crippen molar-refractivity contribution >= 4 is 15.9 Å². The van der Waals surface area contributed by atoms with Crippen molar-refractivity contribution in [1.82, 2.24) is 0 Å². The Morgan fingerprint density at radius 2 is 2.00 bits per heavy atom. The van der Waals surface area contributed by atoms with Gasteiger partial charge in [0.2, 0.25) is 0 Å². The summed E-state index contributed by atoms with van der Waals surface area (Å²) in [5.41, 5.74) is 0. The lowest BCUT2D eigenvalue weighted by atomic mass is 10.00. The molecule has 0 spiro atoms. The van der Waals surface area contributed by atoms with Gasteiger partial charge in [0.25, 0.3) is 0 Å². The van der Waals surface area contributed by atoms with Gasteiger partial charge in [-0.05, 0) is 11.8 Å². The highest BCUT2D eigenvalue weighted by Gasteiger charge is 2.08. The van der Waals surface area contributed by atoms with Crippen molar-refractivity contribution in [2.75, 3.05) is 11.9 Å². The summed E-state index contributed by atoms with van der Waals surface area (Å²) in [5, 5.41) is 9.57. The fraction of sp³-hybridized carbons (Fsp3) is 1.00. The van der Waals surface area contributed by atoms with Gasteiger partial charge in [-0.3, -0.25) is 0 Å². The molecule has 0 rings (SSSR count). The summed E-state index contributed by atoms with van der Waals surface area (Å²) in [6.45, 7) is 4.52. The van der Waals surface area contributed by atoms with Gasteiger partial charge >= 0.3 is 0 Å². The van der Waals surface area contributed by atoms with Crippen LogP contribution in [-0.2, 0) is 0 Å². The summed E-state index contributed by atoms with van der Waals surface area (Å²) in [5.74, 6) is 1.01. The van der Waals surface area contributed by atoms with E-state index in [2.05, 4.69) is 29.8 Å². The zero-order valence-electron chi connectivity index (χ0n) is 5.39. The van der Waals surface area contributed by atoms with Crippen molar-refractivity contribution in [3.05, 3.63) is 0 Å². The van der Waals surface area contributed by atoms with Gasteiger partial charge in [-0.1, -0.05) is 29.8 Å². The van der Waals surface area contributed by atoms with E-state index >= 15 is 0 Å². The molecule has 0 aliphatic carbocycles. The quantitative estimate of drug-likeness (QED) is 0.656. The number of aliphatic hydroxyl groups is 1. The lowest BCUT2D eigenvalue weighted by Crippen LogP contribution is -2.14. The van der Waals surface area contributed by atoms with Gasteiger partial charge in [-0.25, -0.2) is 0 Å². The summed E-state index contributed by atoms with van der Waals surface area (Å²) in [6.07, 6.45) is 0. The van der Waals surface area contributed by atoms with Gasteiger partial charge in [0, 0.05) is 11.9 Å². The average molecular weight is 181 g/mol. The highest BCUT2D eigenvalue weighted by molar-refractivity contribution is 9.09. The van der Waals surface area contributed by atoms with Crippen LogP contribution in [0.2, 0.25) is 0 Å². The Balaban J connectivity index is 3.35. The summed E-state index contributed by atoms with van der Waals surface area (Å²) in [7, 11) is 0. The van der Waals surface area contributed by atoms with E-state index in [-0.39, 0.29) is 0 Å². The Morgan fingerprint density at radius 1 is 1.50 bits per heavy atom. The third-order valence-electron chi connectivity index (χ3n) is 1.38. The first-order valence-corrected chi connectivity index (χ1v) is 4.01. The molecule has 0 aliphatic rings. The Labute approximate surface area is 59.2 Å². The number of halogens is 1. The normalized spacial score (nSPS) is 14.6. The first-order valence-electron chi connectivity index (χ1n) is 2.89. The van der Waals surface area contributed by atoms with Crippen molar-refractivity contribution in [3.63, 3.8) is 0 Å². The predicted molar refractivity (Wildman–Crippen MR) is 39.2 cm³/mol. The van der Waals surface area contributed by atoms with Crippen LogP contribution >= 0.6 is 15.9 Å². The fourth-order valence-electron chi connectivity index (χ4n) is 0.438. The molecule has 0 aromatic rings. The van der Waals surface area contributed by atoms with Gasteiger partial charge in [-0.15, -0.1) is 0 Å². The van der Waals surface area contributed by atoms with Crippen LogP contribution in [0, 0.1) is 11.8 Å². The standard InChI is InChI=1S/C6H13BrO/c1-5(2)6(3-7)4-8/h5-6,8H,3-4H2,1-2H3. The molecule has 0 saturated carbocycles. The lowest BCUT2D eigenvalue weighted by Gasteiger charge is -2.13. The molecule has 2 heteroatoms. The van der Waals surface area contributed by atoms with Crippen LogP contribution < -0.4 is 0 Å². The van der Waals surface area contributed by atoms with Crippen LogP contribution in [0.5, 0.6) is 0 Å². The molecule has 0 aliphatic heterocycles. The van der Waals surface area contributed by atoms with E-state index in [1.54, 1.807) is 0 Å². The second-order valence-corrected chi connectivity index (χ2v) is 2.99.